The van der Waals surface area contributed by atoms with E-state index in [1.807, 2.05) is 0 Å². The van der Waals surface area contributed by atoms with Crippen LogP contribution in [0.3, 0.4) is 0 Å². The summed E-state index contributed by atoms with van der Waals surface area (Å²) in [4.78, 5) is 11.5. The maximum Gasteiger partial charge on any atom is 0.333 e. The summed E-state index contributed by atoms with van der Waals surface area (Å²) >= 11 is 0. The first-order valence-corrected chi connectivity index (χ1v) is 6.70. The van der Waals surface area contributed by atoms with Gasteiger partial charge in [0.15, 0.2) is 17.7 Å². The van der Waals surface area contributed by atoms with Crippen LogP contribution < -0.4 is 4.74 Å². The first kappa shape index (κ1) is 16.6. The number of rotatable bonds is 4. The van der Waals surface area contributed by atoms with E-state index in [1.54, 1.807) is 13.8 Å². The molecule has 0 aromatic heterocycles. The lowest BCUT2D eigenvalue weighted by Crippen LogP contribution is -2.36. The van der Waals surface area contributed by atoms with E-state index < -0.39 is 41.3 Å². The third kappa shape index (κ3) is 2.55. The summed E-state index contributed by atoms with van der Waals surface area (Å²) in [7, 11) is 2.61. The Morgan fingerprint density at radius 3 is 2.45 bits per heavy atom. The zero-order valence-corrected chi connectivity index (χ0v) is 12.7. The molecule has 1 aliphatic heterocycles. The number of aliphatic carboxylic acids is 1. The number of carbonyl (C=O) groups is 1. The molecule has 3 atom stereocenters. The highest BCUT2D eigenvalue weighted by Gasteiger charge is 2.54. The molecule has 2 rings (SSSR count). The van der Waals surface area contributed by atoms with Gasteiger partial charge in [0.05, 0.1) is 24.7 Å². The second kappa shape index (κ2) is 5.81. The molecular formula is C15H18F2O5. The molecular weight excluding hydrogens is 298 g/mol. The Balaban J connectivity index is 2.61. The molecule has 1 aromatic rings. The predicted molar refractivity (Wildman–Crippen MR) is 73.0 cm³/mol. The molecule has 0 spiro atoms. The summed E-state index contributed by atoms with van der Waals surface area (Å²) in [5.41, 5.74) is -0.704. The fourth-order valence-electron chi connectivity index (χ4n) is 3.04. The Labute approximate surface area is 126 Å². The smallest absolute Gasteiger partial charge is 0.333 e. The number of carboxylic acids is 1. The largest absolute Gasteiger partial charge is 0.493 e. The summed E-state index contributed by atoms with van der Waals surface area (Å²) in [6, 6.07) is 2.23. The number of hydrogen-bond donors (Lipinski definition) is 1. The van der Waals surface area contributed by atoms with Crippen LogP contribution in [0.5, 0.6) is 5.75 Å². The third-order valence-electron chi connectivity index (χ3n) is 3.91. The molecule has 0 unspecified atom stereocenters. The average molecular weight is 316 g/mol. The lowest BCUT2D eigenvalue weighted by molar-refractivity contribution is -0.154. The van der Waals surface area contributed by atoms with Crippen molar-refractivity contribution in [3.8, 4) is 5.75 Å². The molecule has 1 N–H and O–H groups in total. The highest BCUT2D eigenvalue weighted by molar-refractivity contribution is 5.75. The van der Waals surface area contributed by atoms with E-state index in [-0.39, 0.29) is 11.3 Å². The van der Waals surface area contributed by atoms with Gasteiger partial charge in [0.2, 0.25) is 5.82 Å². The first-order valence-electron chi connectivity index (χ1n) is 6.70. The van der Waals surface area contributed by atoms with Gasteiger partial charge in [-0.25, -0.2) is 9.18 Å². The van der Waals surface area contributed by atoms with Gasteiger partial charge in [0.1, 0.15) is 0 Å². The second-order valence-electron chi connectivity index (χ2n) is 5.65. The van der Waals surface area contributed by atoms with Gasteiger partial charge in [0, 0.05) is 12.7 Å². The average Bonchev–Trinajstić information content (AvgIpc) is 2.72. The van der Waals surface area contributed by atoms with Crippen molar-refractivity contribution < 1.29 is 32.9 Å². The maximum atomic E-state index is 13.9. The highest BCUT2D eigenvalue weighted by atomic mass is 19.2. The normalized spacial score (nSPS) is 26.9. The molecule has 0 saturated carbocycles. The van der Waals surface area contributed by atoms with Crippen molar-refractivity contribution in [2.24, 2.45) is 0 Å². The third-order valence-corrected chi connectivity index (χ3v) is 3.91. The Morgan fingerprint density at radius 2 is 1.95 bits per heavy atom. The van der Waals surface area contributed by atoms with Gasteiger partial charge < -0.3 is 19.3 Å². The summed E-state index contributed by atoms with van der Waals surface area (Å²) in [5.74, 6) is -4.60. The van der Waals surface area contributed by atoms with Crippen LogP contribution in [0.2, 0.25) is 0 Å². The SMILES string of the molecule is COc1c([C@H]2[C@H](C(=O)O)OC(C)(C)[C@H]2OC)ccc(F)c1F. The minimum atomic E-state index is -1.25. The van der Waals surface area contributed by atoms with E-state index in [4.69, 9.17) is 14.2 Å². The van der Waals surface area contributed by atoms with E-state index in [9.17, 15) is 18.7 Å². The highest BCUT2D eigenvalue weighted by Crippen LogP contribution is 2.46. The van der Waals surface area contributed by atoms with E-state index in [0.29, 0.717) is 0 Å². The van der Waals surface area contributed by atoms with E-state index >= 15 is 0 Å². The Hall–Kier alpha value is -1.73. The molecule has 122 valence electrons. The quantitative estimate of drug-likeness (QED) is 0.923. The molecule has 1 fully saturated rings. The number of benzene rings is 1. The number of carboxylic acid groups (broad SMARTS) is 1. The maximum absolute atomic E-state index is 13.9. The first-order chi connectivity index (χ1) is 10.2. The Morgan fingerprint density at radius 1 is 1.32 bits per heavy atom. The summed E-state index contributed by atoms with van der Waals surface area (Å²) < 4.78 is 43.2. The van der Waals surface area contributed by atoms with Crippen molar-refractivity contribution in [1.29, 1.82) is 0 Å². The summed E-state index contributed by atoms with van der Waals surface area (Å²) in [6.45, 7) is 3.37. The topological polar surface area (TPSA) is 65.0 Å². The van der Waals surface area contributed by atoms with Gasteiger partial charge in [-0.3, -0.25) is 0 Å². The zero-order valence-electron chi connectivity index (χ0n) is 12.7. The standard InChI is InChI=1S/C15H18F2O5/c1-15(2)13(21-4)9(12(22-15)14(18)19)7-5-6-8(16)10(17)11(7)20-3/h5-6,9,12-13H,1-4H3,(H,18,19)/t9-,12+,13-/m0/s1. The van der Waals surface area contributed by atoms with Gasteiger partial charge in [-0.15, -0.1) is 0 Å². The van der Waals surface area contributed by atoms with Gasteiger partial charge in [0.25, 0.3) is 0 Å². The van der Waals surface area contributed by atoms with Crippen LogP contribution in [0.4, 0.5) is 8.78 Å². The Bertz CT molecular complexity index is 588. The van der Waals surface area contributed by atoms with Crippen LogP contribution >= 0.6 is 0 Å². The minimum Gasteiger partial charge on any atom is -0.493 e. The molecule has 1 heterocycles. The monoisotopic (exact) mass is 316 g/mol. The summed E-state index contributed by atoms with van der Waals surface area (Å²) in [5, 5.41) is 9.39. The van der Waals surface area contributed by atoms with Crippen LogP contribution in [0.25, 0.3) is 0 Å². The van der Waals surface area contributed by atoms with Crippen LogP contribution in [0.1, 0.15) is 25.3 Å². The molecule has 0 bridgehead atoms. The molecule has 1 saturated heterocycles. The van der Waals surface area contributed by atoms with E-state index in [1.165, 1.54) is 20.3 Å². The van der Waals surface area contributed by atoms with Crippen molar-refractivity contribution in [3.05, 3.63) is 29.3 Å². The number of halogens is 2. The van der Waals surface area contributed by atoms with E-state index in [2.05, 4.69) is 0 Å². The van der Waals surface area contributed by atoms with Crippen LogP contribution in [0, 0.1) is 11.6 Å². The number of hydrogen-bond acceptors (Lipinski definition) is 4. The lowest BCUT2D eigenvalue weighted by Gasteiger charge is -2.27. The fraction of sp³-hybridized carbons (Fsp3) is 0.533. The summed E-state index contributed by atoms with van der Waals surface area (Å²) in [6.07, 6.45) is -1.91. The van der Waals surface area contributed by atoms with Crippen molar-refractivity contribution in [2.75, 3.05) is 14.2 Å². The van der Waals surface area contributed by atoms with Crippen molar-refractivity contribution in [1.82, 2.24) is 0 Å². The molecule has 0 radical (unpaired) electrons. The number of ether oxygens (including phenoxy) is 3. The van der Waals surface area contributed by atoms with Crippen LogP contribution in [-0.4, -0.2) is 43.1 Å². The van der Waals surface area contributed by atoms with Crippen LogP contribution in [-0.2, 0) is 14.3 Å². The number of methoxy groups -OCH3 is 2. The lowest BCUT2D eigenvalue weighted by atomic mass is 9.84. The molecule has 0 amide bonds. The molecule has 0 aliphatic carbocycles. The van der Waals surface area contributed by atoms with Gasteiger partial charge >= 0.3 is 5.97 Å². The Kier molecular flexibility index (Phi) is 4.39. The van der Waals surface area contributed by atoms with Gasteiger partial charge in [-0.1, -0.05) is 6.07 Å². The van der Waals surface area contributed by atoms with Crippen molar-refractivity contribution in [2.45, 2.75) is 37.6 Å². The zero-order chi connectivity index (χ0) is 16.7. The van der Waals surface area contributed by atoms with Crippen LogP contribution in [0.15, 0.2) is 12.1 Å². The molecule has 1 aromatic carbocycles. The minimum absolute atomic E-state index is 0.200. The molecule has 1 aliphatic rings. The van der Waals surface area contributed by atoms with Crippen molar-refractivity contribution >= 4 is 5.97 Å². The van der Waals surface area contributed by atoms with E-state index in [0.717, 1.165) is 6.07 Å². The van der Waals surface area contributed by atoms with Gasteiger partial charge in [-0.05, 0) is 19.9 Å². The predicted octanol–water partition coefficient (Wildman–Crippen LogP) is 2.33. The van der Waals surface area contributed by atoms with Crippen molar-refractivity contribution in [3.63, 3.8) is 0 Å². The molecule has 7 heteroatoms. The fourth-order valence-corrected chi connectivity index (χ4v) is 3.04. The van der Waals surface area contributed by atoms with Gasteiger partial charge in [-0.2, -0.15) is 4.39 Å². The molecule has 22 heavy (non-hydrogen) atoms. The molecule has 5 nitrogen and oxygen atoms in total. The second-order valence-corrected chi connectivity index (χ2v) is 5.65.